The highest BCUT2D eigenvalue weighted by Gasteiger charge is 2.24. The first-order valence-electron chi connectivity index (χ1n) is 10.9. The number of aryl methyl sites for hydroxylation is 1. The monoisotopic (exact) mass is 464 g/mol. The Morgan fingerprint density at radius 2 is 1.85 bits per heavy atom. The maximum atomic E-state index is 12.6. The van der Waals surface area contributed by atoms with Gasteiger partial charge in [-0.2, -0.15) is 9.61 Å². The molecule has 0 amide bonds. The van der Waals surface area contributed by atoms with Crippen molar-refractivity contribution >= 4 is 21.3 Å². The van der Waals surface area contributed by atoms with Gasteiger partial charge in [-0.15, -0.1) is 0 Å². The van der Waals surface area contributed by atoms with Crippen LogP contribution in [-0.2, 0) is 16.3 Å². The summed E-state index contributed by atoms with van der Waals surface area (Å²) in [5.41, 5.74) is 10.8. The smallest absolute Gasteiger partial charge is 0.180 e. The molecule has 1 aromatic carbocycles. The molecule has 0 radical (unpaired) electrons. The van der Waals surface area contributed by atoms with Crippen LogP contribution < -0.4 is 11.1 Å². The number of hydrogen-bond acceptors (Lipinski definition) is 7. The first-order valence-corrected chi connectivity index (χ1v) is 12.8. The zero-order chi connectivity index (χ0) is 23.6. The second kappa shape index (κ2) is 9.29. The Hall–Kier alpha value is -3.30. The Morgan fingerprint density at radius 3 is 2.45 bits per heavy atom. The first kappa shape index (κ1) is 22.9. The zero-order valence-corrected chi connectivity index (χ0v) is 19.8. The van der Waals surface area contributed by atoms with Gasteiger partial charge in [-0.1, -0.05) is 43.3 Å². The molecular formula is C24H28N6O2S. The number of benzene rings is 1. The van der Waals surface area contributed by atoms with Crippen molar-refractivity contribution in [2.45, 2.75) is 37.1 Å². The van der Waals surface area contributed by atoms with Crippen molar-refractivity contribution in [3.63, 3.8) is 0 Å². The number of anilines is 1. The van der Waals surface area contributed by atoms with E-state index in [9.17, 15) is 8.42 Å². The van der Waals surface area contributed by atoms with Gasteiger partial charge < -0.3 is 11.1 Å². The standard InChI is InChI=1S/C24H28N6O2S/c1-4-18(26-2)11-13-21-22(33(3,31)32)23(25)30-24(29-21)19(15-28-30)17-10-12-20(27-14-17)16-8-6-5-7-9-16/h5-10,12,14-15,18,26H,4,11,13,25H2,1-3H3. The number of aromatic nitrogens is 4. The Morgan fingerprint density at radius 1 is 1.09 bits per heavy atom. The normalized spacial score (nSPS) is 12.8. The summed E-state index contributed by atoms with van der Waals surface area (Å²) in [5, 5.41) is 7.59. The summed E-state index contributed by atoms with van der Waals surface area (Å²) in [4.78, 5) is 9.39. The molecule has 3 heterocycles. The molecule has 0 fully saturated rings. The lowest BCUT2D eigenvalue weighted by molar-refractivity contribution is 0.503. The summed E-state index contributed by atoms with van der Waals surface area (Å²) in [6.07, 6.45) is 6.74. The highest BCUT2D eigenvalue weighted by molar-refractivity contribution is 7.91. The number of pyridine rings is 1. The molecule has 3 aromatic heterocycles. The lowest BCUT2D eigenvalue weighted by atomic mass is 10.1. The van der Waals surface area contributed by atoms with Crippen LogP contribution in [0.2, 0.25) is 0 Å². The molecule has 0 aliphatic rings. The fourth-order valence-electron chi connectivity index (χ4n) is 4.02. The minimum atomic E-state index is -3.59. The van der Waals surface area contributed by atoms with Crippen LogP contribution in [0.3, 0.4) is 0 Å². The zero-order valence-electron chi connectivity index (χ0n) is 19.0. The van der Waals surface area contributed by atoms with E-state index in [2.05, 4.69) is 22.3 Å². The summed E-state index contributed by atoms with van der Waals surface area (Å²) in [6.45, 7) is 2.09. The lowest BCUT2D eigenvalue weighted by Gasteiger charge is -2.16. The molecule has 1 unspecified atom stereocenters. The molecule has 3 N–H and O–H groups in total. The van der Waals surface area contributed by atoms with Gasteiger partial charge in [0.2, 0.25) is 0 Å². The van der Waals surface area contributed by atoms with Gasteiger partial charge in [0, 0.05) is 35.2 Å². The van der Waals surface area contributed by atoms with Crippen molar-refractivity contribution in [2.24, 2.45) is 0 Å². The van der Waals surface area contributed by atoms with E-state index in [4.69, 9.17) is 10.7 Å². The average molecular weight is 465 g/mol. The van der Waals surface area contributed by atoms with Gasteiger partial charge in [-0.05, 0) is 32.4 Å². The van der Waals surface area contributed by atoms with Gasteiger partial charge in [-0.3, -0.25) is 4.98 Å². The molecule has 9 heteroatoms. The Labute approximate surface area is 193 Å². The number of rotatable bonds is 8. The van der Waals surface area contributed by atoms with Gasteiger partial charge in [0.15, 0.2) is 15.5 Å². The van der Waals surface area contributed by atoms with Gasteiger partial charge in [0.05, 0.1) is 17.6 Å². The maximum Gasteiger partial charge on any atom is 0.180 e. The third kappa shape index (κ3) is 4.60. The summed E-state index contributed by atoms with van der Waals surface area (Å²) >= 11 is 0. The number of fused-ring (bicyclic) bond motifs is 1. The third-order valence-corrected chi connectivity index (χ3v) is 7.04. The van der Waals surface area contributed by atoms with Crippen molar-refractivity contribution in [1.29, 1.82) is 0 Å². The molecule has 0 saturated carbocycles. The van der Waals surface area contributed by atoms with Gasteiger partial charge in [0.25, 0.3) is 0 Å². The Bertz CT molecular complexity index is 1360. The first-order chi connectivity index (χ1) is 15.8. The number of hydrogen-bond donors (Lipinski definition) is 2. The second-order valence-electron chi connectivity index (χ2n) is 8.07. The molecular weight excluding hydrogens is 436 g/mol. The predicted octanol–water partition coefficient (Wildman–Crippen LogP) is 3.37. The fourth-order valence-corrected chi connectivity index (χ4v) is 5.06. The summed E-state index contributed by atoms with van der Waals surface area (Å²) < 4.78 is 26.5. The van der Waals surface area contributed by atoms with E-state index in [0.29, 0.717) is 17.8 Å². The molecule has 4 aromatic rings. The fraction of sp³-hybridized carbons (Fsp3) is 0.292. The summed E-state index contributed by atoms with van der Waals surface area (Å²) in [7, 11) is -1.69. The second-order valence-corrected chi connectivity index (χ2v) is 10.0. The lowest BCUT2D eigenvalue weighted by Crippen LogP contribution is -2.25. The number of nitrogens with two attached hydrogens (primary N) is 1. The van der Waals surface area contributed by atoms with Crippen LogP contribution in [0.15, 0.2) is 59.8 Å². The van der Waals surface area contributed by atoms with Crippen LogP contribution in [0.4, 0.5) is 5.82 Å². The van der Waals surface area contributed by atoms with E-state index in [0.717, 1.165) is 41.5 Å². The largest absolute Gasteiger partial charge is 0.382 e. The highest BCUT2D eigenvalue weighted by Crippen LogP contribution is 2.30. The van der Waals surface area contributed by atoms with Gasteiger partial charge >= 0.3 is 0 Å². The topological polar surface area (TPSA) is 115 Å². The summed E-state index contributed by atoms with van der Waals surface area (Å²) in [5.74, 6) is 0.0788. The van der Waals surface area contributed by atoms with E-state index in [1.165, 1.54) is 4.52 Å². The van der Waals surface area contributed by atoms with Crippen LogP contribution in [0.5, 0.6) is 0 Å². The predicted molar refractivity (Wildman–Crippen MR) is 131 cm³/mol. The van der Waals surface area contributed by atoms with E-state index >= 15 is 0 Å². The van der Waals surface area contributed by atoms with Crippen molar-refractivity contribution < 1.29 is 8.42 Å². The molecule has 0 aliphatic carbocycles. The van der Waals surface area contributed by atoms with E-state index in [-0.39, 0.29) is 16.8 Å². The van der Waals surface area contributed by atoms with Crippen molar-refractivity contribution in [1.82, 2.24) is 24.9 Å². The van der Waals surface area contributed by atoms with Gasteiger partial charge in [-0.25, -0.2) is 13.4 Å². The van der Waals surface area contributed by atoms with Crippen LogP contribution >= 0.6 is 0 Å². The number of nitrogens with one attached hydrogen (secondary N) is 1. The molecule has 0 saturated heterocycles. The molecule has 4 rings (SSSR count). The maximum absolute atomic E-state index is 12.6. The minimum absolute atomic E-state index is 0.0492. The minimum Gasteiger partial charge on any atom is -0.382 e. The molecule has 8 nitrogen and oxygen atoms in total. The average Bonchev–Trinajstić information content (AvgIpc) is 3.24. The third-order valence-electron chi connectivity index (χ3n) is 5.85. The van der Waals surface area contributed by atoms with Crippen LogP contribution in [-0.4, -0.2) is 47.3 Å². The molecule has 0 spiro atoms. The quantitative estimate of drug-likeness (QED) is 0.411. The molecule has 1 atom stereocenters. The van der Waals surface area contributed by atoms with Crippen LogP contribution in [0.25, 0.3) is 28.0 Å². The molecule has 0 bridgehead atoms. The van der Waals surface area contributed by atoms with Crippen LogP contribution in [0, 0.1) is 0 Å². The van der Waals surface area contributed by atoms with Crippen molar-refractivity contribution in [3.8, 4) is 22.4 Å². The highest BCUT2D eigenvalue weighted by atomic mass is 32.2. The Kier molecular flexibility index (Phi) is 6.44. The van der Waals surface area contributed by atoms with Crippen LogP contribution in [0.1, 0.15) is 25.5 Å². The molecule has 172 valence electrons. The number of nitrogens with zero attached hydrogens (tertiary/aromatic N) is 4. The molecule has 0 aliphatic heterocycles. The van der Waals surface area contributed by atoms with Gasteiger partial charge in [0.1, 0.15) is 10.7 Å². The van der Waals surface area contributed by atoms with E-state index in [1.54, 1.807) is 12.4 Å². The van der Waals surface area contributed by atoms with E-state index in [1.807, 2.05) is 49.5 Å². The van der Waals surface area contributed by atoms with E-state index < -0.39 is 9.84 Å². The SMILES string of the molecule is CCC(CCc1nc2c(-c3ccc(-c4ccccc4)nc3)cnn2c(N)c1S(C)(=O)=O)NC. The van der Waals surface area contributed by atoms with Crippen molar-refractivity contribution in [3.05, 3.63) is 60.6 Å². The number of nitrogen functional groups attached to an aromatic ring is 1. The Balaban J connectivity index is 1.79. The van der Waals surface area contributed by atoms with Crippen molar-refractivity contribution in [2.75, 3.05) is 19.0 Å². The molecule has 33 heavy (non-hydrogen) atoms. The number of sulfone groups is 1. The summed E-state index contributed by atoms with van der Waals surface area (Å²) in [6, 6.07) is 14.1.